The molecule has 0 N–H and O–H groups in total. The molecule has 0 radical (unpaired) electrons. The van der Waals surface area contributed by atoms with E-state index >= 15 is 0 Å². The van der Waals surface area contributed by atoms with Crippen LogP contribution in [0.25, 0.3) is 5.82 Å². The van der Waals surface area contributed by atoms with E-state index < -0.39 is 0 Å². The van der Waals surface area contributed by atoms with Gasteiger partial charge in [0.1, 0.15) is 5.82 Å². The Kier molecular flexibility index (Phi) is 4.63. The molecule has 2 aromatic rings. The van der Waals surface area contributed by atoms with Crippen molar-refractivity contribution in [2.45, 2.75) is 52.5 Å². The summed E-state index contributed by atoms with van der Waals surface area (Å²) in [5, 5.41) is 0. The van der Waals surface area contributed by atoms with Gasteiger partial charge < -0.3 is 4.57 Å². The van der Waals surface area contributed by atoms with Crippen molar-refractivity contribution in [3.63, 3.8) is 0 Å². The van der Waals surface area contributed by atoms with Crippen LogP contribution in [0.1, 0.15) is 55.6 Å². The van der Waals surface area contributed by atoms with E-state index in [-0.39, 0.29) is 0 Å². The van der Waals surface area contributed by atoms with Crippen LogP contribution in [0, 0.1) is 13.8 Å². The van der Waals surface area contributed by atoms with Crippen molar-refractivity contribution in [2.24, 2.45) is 0 Å². The molecule has 1 saturated heterocycles. The van der Waals surface area contributed by atoms with Crippen LogP contribution in [0.4, 0.5) is 0 Å². The predicted molar refractivity (Wildman–Crippen MR) is 91.5 cm³/mol. The van der Waals surface area contributed by atoms with E-state index in [9.17, 15) is 0 Å². The van der Waals surface area contributed by atoms with Gasteiger partial charge in [0.25, 0.3) is 0 Å². The second kappa shape index (κ2) is 6.66. The van der Waals surface area contributed by atoms with Gasteiger partial charge in [-0.3, -0.25) is 4.90 Å². The molecule has 22 heavy (non-hydrogen) atoms. The molecule has 1 aliphatic heterocycles. The first kappa shape index (κ1) is 15.3. The van der Waals surface area contributed by atoms with Gasteiger partial charge in [0.2, 0.25) is 0 Å². The molecule has 3 heterocycles. The average molecular weight is 297 g/mol. The van der Waals surface area contributed by atoms with Crippen LogP contribution in [0.3, 0.4) is 0 Å². The summed E-state index contributed by atoms with van der Waals surface area (Å²) < 4.78 is 2.30. The Bertz CT molecular complexity index is 610. The van der Waals surface area contributed by atoms with E-state index in [0.717, 1.165) is 5.82 Å². The topological polar surface area (TPSA) is 21.1 Å². The van der Waals surface area contributed by atoms with Crippen molar-refractivity contribution in [3.05, 3.63) is 47.4 Å². The largest absolute Gasteiger partial charge is 0.303 e. The number of hydrogen-bond donors (Lipinski definition) is 0. The van der Waals surface area contributed by atoms with Crippen LogP contribution in [0.5, 0.6) is 0 Å². The van der Waals surface area contributed by atoms with Crippen LogP contribution >= 0.6 is 0 Å². The van der Waals surface area contributed by atoms with Gasteiger partial charge >= 0.3 is 0 Å². The highest BCUT2D eigenvalue weighted by atomic mass is 15.2. The highest BCUT2D eigenvalue weighted by molar-refractivity contribution is 5.41. The predicted octanol–water partition coefficient (Wildman–Crippen LogP) is 4.43. The Morgan fingerprint density at radius 1 is 1.18 bits per heavy atom. The molecule has 2 aromatic heterocycles. The molecule has 1 aliphatic rings. The second-order valence-electron chi connectivity index (χ2n) is 6.42. The minimum atomic E-state index is 0.524. The lowest BCUT2D eigenvalue weighted by Gasteiger charge is -2.26. The average Bonchev–Trinajstić information content (AvgIpc) is 3.12. The third kappa shape index (κ3) is 2.82. The lowest BCUT2D eigenvalue weighted by Crippen LogP contribution is -2.25. The number of rotatable bonds is 5. The fraction of sp³-hybridized carbons (Fsp3) is 0.526. The Morgan fingerprint density at radius 2 is 1.95 bits per heavy atom. The lowest BCUT2D eigenvalue weighted by molar-refractivity contribution is 0.252. The number of pyridine rings is 1. The molecule has 3 nitrogen and oxygen atoms in total. The van der Waals surface area contributed by atoms with E-state index in [1.807, 2.05) is 6.20 Å². The van der Waals surface area contributed by atoms with Gasteiger partial charge in [-0.1, -0.05) is 19.4 Å². The molecule has 0 bridgehead atoms. The molecule has 0 amide bonds. The molecule has 1 atom stereocenters. The van der Waals surface area contributed by atoms with Gasteiger partial charge in [-0.25, -0.2) is 4.98 Å². The van der Waals surface area contributed by atoms with Crippen molar-refractivity contribution in [3.8, 4) is 5.82 Å². The molecule has 118 valence electrons. The molecule has 0 aromatic carbocycles. The van der Waals surface area contributed by atoms with Crippen molar-refractivity contribution in [2.75, 3.05) is 13.1 Å². The van der Waals surface area contributed by atoms with Crippen molar-refractivity contribution in [1.82, 2.24) is 14.5 Å². The van der Waals surface area contributed by atoms with Crippen LogP contribution < -0.4 is 0 Å². The van der Waals surface area contributed by atoms with E-state index in [0.29, 0.717) is 6.04 Å². The van der Waals surface area contributed by atoms with Gasteiger partial charge in [-0.2, -0.15) is 0 Å². The number of aryl methyl sites for hydroxylation is 2. The molecular formula is C19H27N3. The summed E-state index contributed by atoms with van der Waals surface area (Å²) in [6.07, 6.45) is 7.02. The maximum absolute atomic E-state index is 4.74. The third-order valence-corrected chi connectivity index (χ3v) is 4.82. The lowest BCUT2D eigenvalue weighted by atomic mass is 10.0. The van der Waals surface area contributed by atoms with Crippen LogP contribution in [0.2, 0.25) is 0 Å². The minimum Gasteiger partial charge on any atom is -0.303 e. The maximum Gasteiger partial charge on any atom is 0.141 e. The monoisotopic (exact) mass is 297 g/mol. The SMILES string of the molecule is CCCCN1CCCC1c1cccnc1-n1c(C)ccc1C. The Balaban J connectivity index is 1.98. The Hall–Kier alpha value is -1.61. The standard InChI is InChI=1S/C19H27N3/c1-4-5-13-21-14-7-9-18(21)17-8-6-12-20-19(17)22-15(2)10-11-16(22)3/h6,8,10-12,18H,4-5,7,9,13-14H2,1-3H3. The van der Waals surface area contributed by atoms with Crippen LogP contribution in [-0.2, 0) is 0 Å². The van der Waals surface area contributed by atoms with Crippen molar-refractivity contribution >= 4 is 0 Å². The molecule has 3 rings (SSSR count). The van der Waals surface area contributed by atoms with Crippen molar-refractivity contribution < 1.29 is 0 Å². The minimum absolute atomic E-state index is 0.524. The molecule has 3 heteroatoms. The summed E-state index contributed by atoms with van der Waals surface area (Å²) in [6.45, 7) is 9.03. The summed E-state index contributed by atoms with van der Waals surface area (Å²) in [7, 11) is 0. The van der Waals surface area contributed by atoms with Crippen molar-refractivity contribution in [1.29, 1.82) is 0 Å². The number of aromatic nitrogens is 2. The molecule has 0 aliphatic carbocycles. The van der Waals surface area contributed by atoms with Crippen LogP contribution in [0.15, 0.2) is 30.5 Å². The molecule has 0 saturated carbocycles. The Labute approximate surface area is 134 Å². The zero-order valence-corrected chi connectivity index (χ0v) is 14.0. The first-order valence-electron chi connectivity index (χ1n) is 8.56. The van der Waals surface area contributed by atoms with Gasteiger partial charge in [0.05, 0.1) is 0 Å². The fourth-order valence-electron chi connectivity index (χ4n) is 3.67. The summed E-state index contributed by atoms with van der Waals surface area (Å²) >= 11 is 0. The number of unbranched alkanes of at least 4 members (excludes halogenated alkanes) is 1. The highest BCUT2D eigenvalue weighted by Gasteiger charge is 2.28. The van der Waals surface area contributed by atoms with E-state index in [2.05, 4.69) is 54.5 Å². The van der Waals surface area contributed by atoms with Gasteiger partial charge in [-0.05, 0) is 64.4 Å². The molecule has 1 unspecified atom stereocenters. The third-order valence-electron chi connectivity index (χ3n) is 4.82. The van der Waals surface area contributed by atoms with Crippen LogP contribution in [-0.4, -0.2) is 27.5 Å². The van der Waals surface area contributed by atoms with Gasteiger partial charge in [0.15, 0.2) is 0 Å². The second-order valence-corrected chi connectivity index (χ2v) is 6.42. The highest BCUT2D eigenvalue weighted by Crippen LogP contribution is 2.35. The number of likely N-dealkylation sites (tertiary alicyclic amines) is 1. The summed E-state index contributed by atoms with van der Waals surface area (Å²) in [6, 6.07) is 9.24. The van der Waals surface area contributed by atoms with E-state index in [4.69, 9.17) is 4.98 Å². The number of hydrogen-bond acceptors (Lipinski definition) is 2. The zero-order chi connectivity index (χ0) is 15.5. The first-order chi connectivity index (χ1) is 10.7. The smallest absolute Gasteiger partial charge is 0.141 e. The van der Waals surface area contributed by atoms with E-state index in [1.165, 1.54) is 55.7 Å². The summed E-state index contributed by atoms with van der Waals surface area (Å²) in [4.78, 5) is 7.39. The summed E-state index contributed by atoms with van der Waals surface area (Å²) in [5.74, 6) is 1.12. The quantitative estimate of drug-likeness (QED) is 0.814. The maximum atomic E-state index is 4.74. The summed E-state index contributed by atoms with van der Waals surface area (Å²) in [5.41, 5.74) is 3.91. The Morgan fingerprint density at radius 3 is 2.68 bits per heavy atom. The van der Waals surface area contributed by atoms with E-state index in [1.54, 1.807) is 0 Å². The van der Waals surface area contributed by atoms with Gasteiger partial charge in [0, 0.05) is 29.2 Å². The first-order valence-corrected chi connectivity index (χ1v) is 8.56. The molecule has 0 spiro atoms. The zero-order valence-electron chi connectivity index (χ0n) is 14.0. The number of nitrogens with zero attached hydrogens (tertiary/aromatic N) is 3. The fourth-order valence-corrected chi connectivity index (χ4v) is 3.67. The molecule has 1 fully saturated rings. The molecular weight excluding hydrogens is 270 g/mol. The van der Waals surface area contributed by atoms with Gasteiger partial charge in [-0.15, -0.1) is 0 Å². The normalized spacial score (nSPS) is 19.0.